The molecule has 0 aromatic heterocycles. The number of hydrogen-bond acceptors (Lipinski definition) is 4. The van der Waals surface area contributed by atoms with Crippen molar-refractivity contribution in [3.8, 4) is 0 Å². The zero-order valence-electron chi connectivity index (χ0n) is 12.2. The van der Waals surface area contributed by atoms with E-state index >= 15 is 0 Å². The molecule has 1 heterocycles. The number of nitrogens with zero attached hydrogens (tertiary/aromatic N) is 1. The Morgan fingerprint density at radius 3 is 2.60 bits per heavy atom. The summed E-state index contributed by atoms with van der Waals surface area (Å²) < 4.78 is 25.5. The zero-order chi connectivity index (χ0) is 14.3. The van der Waals surface area contributed by atoms with E-state index in [0.717, 1.165) is 13.0 Å². The van der Waals surface area contributed by atoms with Crippen LogP contribution in [0.1, 0.15) is 33.1 Å². The summed E-state index contributed by atoms with van der Waals surface area (Å²) >= 11 is 0. The van der Waals surface area contributed by atoms with E-state index in [9.17, 15) is 13.2 Å². The Balaban J connectivity index is 0.00000361. The average Bonchev–Trinajstić information content (AvgIpc) is 2.84. The van der Waals surface area contributed by atoms with E-state index in [1.54, 1.807) is 0 Å². The molecule has 1 atom stereocenters. The van der Waals surface area contributed by atoms with E-state index < -0.39 is 16.1 Å². The fraction of sp³-hybridized carbons (Fsp3) is 0.917. The van der Waals surface area contributed by atoms with E-state index in [1.807, 2.05) is 13.8 Å². The predicted molar refractivity (Wildman–Crippen MR) is 82.6 cm³/mol. The second-order valence-electron chi connectivity index (χ2n) is 4.73. The first-order valence-corrected chi connectivity index (χ1v) is 8.61. The van der Waals surface area contributed by atoms with Crippen LogP contribution in [-0.4, -0.2) is 56.6 Å². The highest BCUT2D eigenvalue weighted by molar-refractivity contribution is 7.89. The van der Waals surface area contributed by atoms with Gasteiger partial charge in [-0.25, -0.2) is 8.42 Å². The Bertz CT molecular complexity index is 389. The van der Waals surface area contributed by atoms with Crippen molar-refractivity contribution in [1.82, 2.24) is 14.9 Å². The number of likely N-dealkylation sites (N-methyl/N-ethyl adjacent to an activating group) is 1. The lowest BCUT2D eigenvalue weighted by Crippen LogP contribution is -2.47. The van der Waals surface area contributed by atoms with Crippen molar-refractivity contribution in [2.24, 2.45) is 0 Å². The maximum Gasteiger partial charge on any atom is 0.238 e. The largest absolute Gasteiger partial charge is 0.353 e. The van der Waals surface area contributed by atoms with E-state index in [2.05, 4.69) is 10.6 Å². The van der Waals surface area contributed by atoms with E-state index in [-0.39, 0.29) is 24.1 Å². The maximum atomic E-state index is 12.1. The zero-order valence-corrected chi connectivity index (χ0v) is 13.9. The number of carbonyl (C=O) groups is 1. The molecule has 120 valence electrons. The molecule has 0 radical (unpaired) electrons. The predicted octanol–water partition coefficient (Wildman–Crippen LogP) is 0.338. The molecule has 0 aromatic carbocycles. The van der Waals surface area contributed by atoms with Crippen LogP contribution in [0, 0.1) is 0 Å². The summed E-state index contributed by atoms with van der Waals surface area (Å²) in [7, 11) is -3.28. The highest BCUT2D eigenvalue weighted by Gasteiger charge is 2.37. The van der Waals surface area contributed by atoms with E-state index in [4.69, 9.17) is 0 Å². The first-order valence-electron chi connectivity index (χ1n) is 7.00. The third-order valence-electron chi connectivity index (χ3n) is 3.18. The summed E-state index contributed by atoms with van der Waals surface area (Å²) in [6, 6.07) is -0.516. The Labute approximate surface area is 128 Å². The molecule has 2 N–H and O–H groups in total. The fourth-order valence-corrected chi connectivity index (χ4v) is 4.03. The van der Waals surface area contributed by atoms with Gasteiger partial charge in [-0.3, -0.25) is 4.79 Å². The van der Waals surface area contributed by atoms with Crippen molar-refractivity contribution in [2.75, 3.05) is 31.9 Å². The monoisotopic (exact) mass is 327 g/mol. The van der Waals surface area contributed by atoms with Gasteiger partial charge in [-0.2, -0.15) is 4.31 Å². The number of hydrogen-bond donors (Lipinski definition) is 2. The minimum atomic E-state index is -3.28. The average molecular weight is 328 g/mol. The Morgan fingerprint density at radius 1 is 1.30 bits per heavy atom. The molecule has 8 heteroatoms. The highest BCUT2D eigenvalue weighted by atomic mass is 35.5. The van der Waals surface area contributed by atoms with Crippen LogP contribution in [0.25, 0.3) is 0 Å². The second kappa shape index (κ2) is 9.55. The van der Waals surface area contributed by atoms with Crippen LogP contribution >= 0.6 is 12.4 Å². The molecule has 1 aliphatic rings. The second-order valence-corrected chi connectivity index (χ2v) is 6.77. The molecule has 1 saturated heterocycles. The Morgan fingerprint density at radius 2 is 2.00 bits per heavy atom. The van der Waals surface area contributed by atoms with Crippen molar-refractivity contribution in [3.63, 3.8) is 0 Å². The van der Waals surface area contributed by atoms with Gasteiger partial charge < -0.3 is 10.6 Å². The third kappa shape index (κ3) is 5.55. The van der Waals surface area contributed by atoms with Gasteiger partial charge in [-0.1, -0.05) is 13.8 Å². The Hall–Kier alpha value is -0.370. The third-order valence-corrected chi connectivity index (χ3v) is 5.25. The molecule has 20 heavy (non-hydrogen) atoms. The van der Waals surface area contributed by atoms with Crippen molar-refractivity contribution in [1.29, 1.82) is 0 Å². The molecule has 1 rings (SSSR count). The van der Waals surface area contributed by atoms with Gasteiger partial charge in [0.05, 0.1) is 5.75 Å². The van der Waals surface area contributed by atoms with E-state index in [1.165, 1.54) is 4.31 Å². The van der Waals surface area contributed by atoms with Crippen LogP contribution in [0.4, 0.5) is 0 Å². The number of halogens is 1. The minimum absolute atomic E-state index is 0. The number of carbonyl (C=O) groups excluding carboxylic acids is 1. The van der Waals surface area contributed by atoms with Crippen molar-refractivity contribution in [3.05, 3.63) is 0 Å². The van der Waals surface area contributed by atoms with Gasteiger partial charge in [0.2, 0.25) is 15.9 Å². The number of sulfonamides is 1. The number of amides is 1. The van der Waals surface area contributed by atoms with Crippen LogP contribution in [0.5, 0.6) is 0 Å². The first kappa shape index (κ1) is 19.6. The van der Waals surface area contributed by atoms with Gasteiger partial charge in [0.15, 0.2) is 0 Å². The van der Waals surface area contributed by atoms with Crippen LogP contribution < -0.4 is 10.6 Å². The summed E-state index contributed by atoms with van der Waals surface area (Å²) in [6.07, 6.45) is 1.96. The van der Waals surface area contributed by atoms with Crippen molar-refractivity contribution >= 4 is 28.3 Å². The van der Waals surface area contributed by atoms with Gasteiger partial charge >= 0.3 is 0 Å². The van der Waals surface area contributed by atoms with Crippen LogP contribution in [-0.2, 0) is 14.8 Å². The normalized spacial score (nSPS) is 19.6. The molecule has 1 amide bonds. The molecule has 1 fully saturated rings. The quantitative estimate of drug-likeness (QED) is 0.630. The van der Waals surface area contributed by atoms with E-state index in [0.29, 0.717) is 32.5 Å². The molecule has 1 aliphatic heterocycles. The molecular formula is C12H26ClN3O3S. The molecule has 0 spiro atoms. The summed E-state index contributed by atoms with van der Waals surface area (Å²) in [4.78, 5) is 12.0. The fourth-order valence-electron chi connectivity index (χ4n) is 2.28. The molecule has 0 aliphatic carbocycles. The SMILES string of the molecule is CCCS(=O)(=O)N1CCCC1C(=O)NCCNCC.Cl. The topological polar surface area (TPSA) is 78.5 Å². The number of rotatable bonds is 8. The summed E-state index contributed by atoms with van der Waals surface area (Å²) in [5.41, 5.74) is 0. The molecule has 0 aromatic rings. The first-order chi connectivity index (χ1) is 9.03. The summed E-state index contributed by atoms with van der Waals surface area (Å²) in [6.45, 7) is 6.39. The standard InChI is InChI=1S/C12H25N3O3S.ClH/c1-3-10-19(17,18)15-9-5-6-11(15)12(16)14-8-7-13-4-2;/h11,13H,3-10H2,1-2H3,(H,14,16);1H. The van der Waals surface area contributed by atoms with Crippen LogP contribution in [0.2, 0.25) is 0 Å². The molecule has 0 saturated carbocycles. The van der Waals surface area contributed by atoms with Gasteiger partial charge in [0.1, 0.15) is 6.04 Å². The molecule has 0 bridgehead atoms. The maximum absolute atomic E-state index is 12.1. The van der Waals surface area contributed by atoms with Crippen LogP contribution in [0.3, 0.4) is 0 Å². The highest BCUT2D eigenvalue weighted by Crippen LogP contribution is 2.21. The van der Waals surface area contributed by atoms with Crippen molar-refractivity contribution < 1.29 is 13.2 Å². The van der Waals surface area contributed by atoms with Gasteiger partial charge in [-0.15, -0.1) is 12.4 Å². The lowest BCUT2D eigenvalue weighted by Gasteiger charge is -2.23. The molecule has 6 nitrogen and oxygen atoms in total. The van der Waals surface area contributed by atoms with Gasteiger partial charge in [-0.05, 0) is 25.8 Å². The van der Waals surface area contributed by atoms with Crippen LogP contribution in [0.15, 0.2) is 0 Å². The number of nitrogens with one attached hydrogen (secondary N) is 2. The minimum Gasteiger partial charge on any atom is -0.353 e. The smallest absolute Gasteiger partial charge is 0.238 e. The van der Waals surface area contributed by atoms with Gasteiger partial charge in [0, 0.05) is 19.6 Å². The molecular weight excluding hydrogens is 302 g/mol. The van der Waals surface area contributed by atoms with Crippen molar-refractivity contribution in [2.45, 2.75) is 39.2 Å². The molecule has 1 unspecified atom stereocenters. The summed E-state index contributed by atoms with van der Waals surface area (Å²) in [5.74, 6) is -0.0520. The Kier molecular flexibility index (Phi) is 9.37. The van der Waals surface area contributed by atoms with Gasteiger partial charge in [0.25, 0.3) is 0 Å². The lowest BCUT2D eigenvalue weighted by atomic mass is 10.2. The lowest BCUT2D eigenvalue weighted by molar-refractivity contribution is -0.124. The summed E-state index contributed by atoms with van der Waals surface area (Å²) in [5, 5.41) is 5.91.